The number of rotatable bonds is 6. The van der Waals surface area contributed by atoms with Crippen molar-refractivity contribution in [2.24, 2.45) is 0 Å². The molecule has 0 saturated carbocycles. The maximum Gasteiger partial charge on any atom is 0.255 e. The van der Waals surface area contributed by atoms with Crippen molar-refractivity contribution in [3.05, 3.63) is 59.7 Å². The molecular weight excluding hydrogens is 312 g/mol. The molecule has 0 atom stereocenters. The molecule has 1 aliphatic rings. The molecular formula is C21H26N2O2. The summed E-state index contributed by atoms with van der Waals surface area (Å²) in [6, 6.07) is 15.4. The van der Waals surface area contributed by atoms with Crippen LogP contribution in [0.15, 0.2) is 48.5 Å². The highest BCUT2D eigenvalue weighted by Crippen LogP contribution is 2.19. The largest absolute Gasteiger partial charge is 0.491 e. The van der Waals surface area contributed by atoms with Gasteiger partial charge in [0.25, 0.3) is 5.91 Å². The Balaban J connectivity index is 1.61. The van der Waals surface area contributed by atoms with Crippen LogP contribution in [0.5, 0.6) is 5.75 Å². The third-order valence-corrected chi connectivity index (χ3v) is 4.28. The number of amides is 1. The van der Waals surface area contributed by atoms with E-state index in [2.05, 4.69) is 10.2 Å². The maximum atomic E-state index is 12.4. The molecule has 1 heterocycles. The van der Waals surface area contributed by atoms with Crippen LogP contribution in [-0.4, -0.2) is 30.0 Å². The molecule has 0 radical (unpaired) electrons. The van der Waals surface area contributed by atoms with E-state index in [0.29, 0.717) is 5.56 Å². The lowest BCUT2D eigenvalue weighted by molar-refractivity contribution is 0.102. The third kappa shape index (κ3) is 5.07. The van der Waals surface area contributed by atoms with Crippen molar-refractivity contribution >= 4 is 11.6 Å². The normalized spacial score (nSPS) is 14.7. The minimum Gasteiger partial charge on any atom is -0.491 e. The van der Waals surface area contributed by atoms with Gasteiger partial charge in [0.1, 0.15) is 5.75 Å². The smallest absolute Gasteiger partial charge is 0.255 e. The van der Waals surface area contributed by atoms with E-state index in [9.17, 15) is 4.79 Å². The van der Waals surface area contributed by atoms with Gasteiger partial charge < -0.3 is 10.1 Å². The Morgan fingerprint density at radius 3 is 2.52 bits per heavy atom. The van der Waals surface area contributed by atoms with Crippen molar-refractivity contribution in [1.82, 2.24) is 4.90 Å². The van der Waals surface area contributed by atoms with Crippen molar-refractivity contribution < 1.29 is 9.53 Å². The van der Waals surface area contributed by atoms with Gasteiger partial charge in [-0.05, 0) is 69.6 Å². The van der Waals surface area contributed by atoms with Crippen molar-refractivity contribution in [3.8, 4) is 5.75 Å². The van der Waals surface area contributed by atoms with Gasteiger partial charge in [0.2, 0.25) is 0 Å². The Morgan fingerprint density at radius 1 is 1.12 bits per heavy atom. The molecule has 1 saturated heterocycles. The standard InChI is InChI=1S/C21H26N2O2/c1-16(2)25-20-7-5-6-19(14-20)22-21(24)18-10-8-17(9-11-18)15-23-12-3-4-13-23/h5-11,14,16H,3-4,12-13,15H2,1-2H3,(H,22,24). The number of likely N-dealkylation sites (tertiary alicyclic amines) is 1. The molecule has 2 aromatic carbocycles. The second-order valence-corrected chi connectivity index (χ2v) is 6.83. The highest BCUT2D eigenvalue weighted by atomic mass is 16.5. The van der Waals surface area contributed by atoms with Crippen molar-refractivity contribution in [3.63, 3.8) is 0 Å². The van der Waals surface area contributed by atoms with E-state index in [1.165, 1.54) is 31.5 Å². The van der Waals surface area contributed by atoms with Crippen LogP contribution in [0.4, 0.5) is 5.69 Å². The first-order valence-corrected chi connectivity index (χ1v) is 8.99. The molecule has 1 N–H and O–H groups in total. The number of ether oxygens (including phenoxy) is 1. The molecule has 3 rings (SSSR count). The number of hydrogen-bond acceptors (Lipinski definition) is 3. The molecule has 132 valence electrons. The fraction of sp³-hybridized carbons (Fsp3) is 0.381. The molecule has 0 unspecified atom stereocenters. The number of benzene rings is 2. The zero-order valence-corrected chi connectivity index (χ0v) is 15.0. The summed E-state index contributed by atoms with van der Waals surface area (Å²) in [5.74, 6) is 0.656. The Kier molecular flexibility index (Phi) is 5.71. The number of anilines is 1. The molecule has 25 heavy (non-hydrogen) atoms. The minimum atomic E-state index is -0.102. The Labute approximate surface area is 149 Å². The summed E-state index contributed by atoms with van der Waals surface area (Å²) >= 11 is 0. The van der Waals surface area contributed by atoms with Gasteiger partial charge in [0.05, 0.1) is 6.10 Å². The monoisotopic (exact) mass is 338 g/mol. The van der Waals surface area contributed by atoms with E-state index in [0.717, 1.165) is 18.0 Å². The first-order chi connectivity index (χ1) is 12.1. The molecule has 0 aliphatic carbocycles. The number of nitrogens with zero attached hydrogens (tertiary/aromatic N) is 1. The lowest BCUT2D eigenvalue weighted by Crippen LogP contribution is -2.18. The molecule has 0 bridgehead atoms. The summed E-state index contributed by atoms with van der Waals surface area (Å²) in [6.07, 6.45) is 2.69. The lowest BCUT2D eigenvalue weighted by Gasteiger charge is -2.14. The number of carbonyl (C=O) groups is 1. The molecule has 4 heteroatoms. The van der Waals surface area contributed by atoms with E-state index in [4.69, 9.17) is 4.74 Å². The zero-order chi connectivity index (χ0) is 17.6. The Morgan fingerprint density at radius 2 is 1.84 bits per heavy atom. The third-order valence-electron chi connectivity index (χ3n) is 4.28. The quantitative estimate of drug-likeness (QED) is 0.853. The van der Waals surface area contributed by atoms with E-state index < -0.39 is 0 Å². The van der Waals surface area contributed by atoms with Gasteiger partial charge >= 0.3 is 0 Å². The lowest BCUT2D eigenvalue weighted by atomic mass is 10.1. The summed E-state index contributed by atoms with van der Waals surface area (Å²) < 4.78 is 5.67. The van der Waals surface area contributed by atoms with Gasteiger partial charge in [-0.3, -0.25) is 9.69 Å². The molecule has 4 nitrogen and oxygen atoms in total. The Hall–Kier alpha value is -2.33. The summed E-state index contributed by atoms with van der Waals surface area (Å²) in [6.45, 7) is 7.29. The molecule has 1 fully saturated rings. The summed E-state index contributed by atoms with van der Waals surface area (Å²) in [7, 11) is 0. The van der Waals surface area contributed by atoms with Crippen molar-refractivity contribution in [2.75, 3.05) is 18.4 Å². The summed E-state index contributed by atoms with van der Waals surface area (Å²) in [5, 5.41) is 2.94. The molecule has 1 aliphatic heterocycles. The van der Waals surface area contributed by atoms with Crippen molar-refractivity contribution in [1.29, 1.82) is 0 Å². The van der Waals surface area contributed by atoms with Crippen LogP contribution in [0.3, 0.4) is 0 Å². The molecule has 0 aromatic heterocycles. The first-order valence-electron chi connectivity index (χ1n) is 8.99. The highest BCUT2D eigenvalue weighted by molar-refractivity contribution is 6.04. The number of carbonyl (C=O) groups excluding carboxylic acids is 1. The van der Waals surface area contributed by atoms with Gasteiger partial charge in [0.15, 0.2) is 0 Å². The topological polar surface area (TPSA) is 41.6 Å². The molecule has 2 aromatic rings. The Bertz CT molecular complexity index is 704. The summed E-state index contributed by atoms with van der Waals surface area (Å²) in [4.78, 5) is 14.9. The van der Waals surface area contributed by atoms with Gasteiger partial charge in [-0.2, -0.15) is 0 Å². The van der Waals surface area contributed by atoms with Crippen molar-refractivity contribution in [2.45, 2.75) is 39.3 Å². The van der Waals surface area contributed by atoms with E-state index in [-0.39, 0.29) is 12.0 Å². The van der Waals surface area contributed by atoms with Gasteiger partial charge in [-0.15, -0.1) is 0 Å². The fourth-order valence-corrected chi connectivity index (χ4v) is 3.08. The van der Waals surface area contributed by atoms with E-state index in [1.54, 1.807) is 0 Å². The fourth-order valence-electron chi connectivity index (χ4n) is 3.08. The molecule has 0 spiro atoms. The highest BCUT2D eigenvalue weighted by Gasteiger charge is 2.12. The molecule has 1 amide bonds. The average molecular weight is 338 g/mol. The second kappa shape index (κ2) is 8.17. The first kappa shape index (κ1) is 17.5. The van der Waals surface area contributed by atoms with Gasteiger partial charge in [-0.25, -0.2) is 0 Å². The number of nitrogens with one attached hydrogen (secondary N) is 1. The van der Waals surface area contributed by atoms with Crippen LogP contribution in [0.1, 0.15) is 42.6 Å². The van der Waals surface area contributed by atoms with Crippen LogP contribution in [0.25, 0.3) is 0 Å². The number of hydrogen-bond donors (Lipinski definition) is 1. The van der Waals surface area contributed by atoms with Gasteiger partial charge in [-0.1, -0.05) is 18.2 Å². The minimum absolute atomic E-state index is 0.102. The second-order valence-electron chi connectivity index (χ2n) is 6.83. The summed E-state index contributed by atoms with van der Waals surface area (Å²) in [5.41, 5.74) is 2.66. The van der Waals surface area contributed by atoms with Crippen LogP contribution in [-0.2, 0) is 6.54 Å². The maximum absolute atomic E-state index is 12.4. The van der Waals surface area contributed by atoms with Crippen LogP contribution in [0.2, 0.25) is 0 Å². The van der Waals surface area contributed by atoms with Crippen LogP contribution < -0.4 is 10.1 Å². The van der Waals surface area contributed by atoms with Gasteiger partial charge in [0, 0.05) is 23.9 Å². The zero-order valence-electron chi connectivity index (χ0n) is 15.0. The SMILES string of the molecule is CC(C)Oc1cccc(NC(=O)c2ccc(CN3CCCC3)cc2)c1. The average Bonchev–Trinajstić information content (AvgIpc) is 3.08. The van der Waals surface area contributed by atoms with Crippen LogP contribution in [0, 0.1) is 0 Å². The van der Waals surface area contributed by atoms with Crippen LogP contribution >= 0.6 is 0 Å². The van der Waals surface area contributed by atoms with E-state index in [1.807, 2.05) is 62.4 Å². The predicted octanol–water partition coefficient (Wildman–Crippen LogP) is 4.32. The van der Waals surface area contributed by atoms with E-state index >= 15 is 0 Å². The predicted molar refractivity (Wildman–Crippen MR) is 101 cm³/mol.